The number of benzene rings is 2. The van der Waals surface area contributed by atoms with Gasteiger partial charge in [0.25, 0.3) is 10.5 Å². The molecule has 0 heterocycles. The molecule has 0 atom stereocenters. The molecule has 5 heteroatoms. The number of carbonyl (C=O) groups is 2. The number of hydrogen-bond donors (Lipinski definition) is 0. The summed E-state index contributed by atoms with van der Waals surface area (Å²) in [7, 11) is 0. The number of halogens is 2. The molecule has 0 saturated carbocycles. The molecule has 0 N–H and O–H groups in total. The Balaban J connectivity index is 2.52. The molecular weight excluding hydrogens is 287 g/mol. The van der Waals surface area contributed by atoms with Crippen LogP contribution in [0.3, 0.4) is 0 Å². The van der Waals surface area contributed by atoms with Gasteiger partial charge in [0.1, 0.15) is 5.75 Å². The smallest absolute Gasteiger partial charge is 0.256 e. The maximum atomic E-state index is 11.4. The predicted molar refractivity (Wildman–Crippen MR) is 73.3 cm³/mol. The molecule has 0 saturated heterocycles. The predicted octanol–water partition coefficient (Wildman–Crippen LogP) is 4.24. The Kier molecular flexibility index (Phi) is 4.20. The van der Waals surface area contributed by atoms with Gasteiger partial charge in [0, 0.05) is 0 Å². The molecule has 0 aliphatic carbocycles. The maximum Gasteiger partial charge on any atom is 0.256 e. The summed E-state index contributed by atoms with van der Waals surface area (Å²) in [4.78, 5) is 22.7. The van der Waals surface area contributed by atoms with Gasteiger partial charge in [-0.2, -0.15) is 0 Å². The van der Waals surface area contributed by atoms with Crippen LogP contribution in [0.25, 0.3) is 0 Å². The van der Waals surface area contributed by atoms with E-state index in [1.165, 1.54) is 18.2 Å². The Hall–Kier alpha value is -1.84. The Morgan fingerprint density at radius 1 is 0.789 bits per heavy atom. The molecule has 0 bridgehead atoms. The summed E-state index contributed by atoms with van der Waals surface area (Å²) < 4.78 is 5.55. The van der Waals surface area contributed by atoms with Crippen molar-refractivity contribution in [2.45, 2.75) is 0 Å². The number of rotatable bonds is 4. The molecule has 2 aromatic rings. The van der Waals surface area contributed by atoms with Crippen LogP contribution in [0.15, 0.2) is 48.5 Å². The van der Waals surface area contributed by atoms with Crippen LogP contribution in [0.5, 0.6) is 11.5 Å². The lowest BCUT2D eigenvalue weighted by molar-refractivity contribution is 0.107. The first kappa shape index (κ1) is 13.6. The molecule has 0 amide bonds. The second-order valence-electron chi connectivity index (χ2n) is 3.64. The SMILES string of the molecule is O=C(Cl)c1cccc(C(=O)Cl)c1Oc1ccccc1. The molecule has 96 valence electrons. The quantitative estimate of drug-likeness (QED) is 0.792. The van der Waals surface area contributed by atoms with Crippen molar-refractivity contribution in [3.05, 3.63) is 59.7 Å². The van der Waals surface area contributed by atoms with E-state index in [1.54, 1.807) is 24.3 Å². The van der Waals surface area contributed by atoms with Crippen molar-refractivity contribution in [2.24, 2.45) is 0 Å². The lowest BCUT2D eigenvalue weighted by atomic mass is 10.1. The Bertz CT molecular complexity index is 592. The van der Waals surface area contributed by atoms with Crippen molar-refractivity contribution >= 4 is 33.7 Å². The van der Waals surface area contributed by atoms with Gasteiger partial charge in [-0.3, -0.25) is 9.59 Å². The van der Waals surface area contributed by atoms with E-state index >= 15 is 0 Å². The molecule has 2 rings (SSSR count). The van der Waals surface area contributed by atoms with Gasteiger partial charge in [0.2, 0.25) is 0 Å². The highest BCUT2D eigenvalue weighted by Crippen LogP contribution is 2.31. The minimum absolute atomic E-state index is 0.0636. The maximum absolute atomic E-state index is 11.4. The van der Waals surface area contributed by atoms with Crippen LogP contribution in [0, 0.1) is 0 Å². The standard InChI is InChI=1S/C14H8Cl2O3/c15-13(17)10-7-4-8-11(14(16)18)12(10)19-9-5-2-1-3-6-9/h1-8H. The highest BCUT2D eigenvalue weighted by Gasteiger charge is 2.19. The lowest BCUT2D eigenvalue weighted by Gasteiger charge is -2.11. The van der Waals surface area contributed by atoms with E-state index in [9.17, 15) is 9.59 Å². The van der Waals surface area contributed by atoms with Crippen molar-refractivity contribution in [3.8, 4) is 11.5 Å². The summed E-state index contributed by atoms with van der Waals surface area (Å²) in [5, 5.41) is -1.43. The van der Waals surface area contributed by atoms with Gasteiger partial charge < -0.3 is 4.74 Å². The molecule has 0 unspecified atom stereocenters. The number of para-hydroxylation sites is 2. The van der Waals surface area contributed by atoms with Gasteiger partial charge in [0.05, 0.1) is 11.1 Å². The molecule has 0 aromatic heterocycles. The first-order valence-corrected chi connectivity index (χ1v) is 6.11. The Labute approximate surface area is 119 Å². The van der Waals surface area contributed by atoms with Crippen LogP contribution in [0.4, 0.5) is 0 Å². The number of carbonyl (C=O) groups excluding carboxylic acids is 2. The summed E-state index contributed by atoms with van der Waals surface area (Å²) in [5.41, 5.74) is 0.189. The van der Waals surface area contributed by atoms with E-state index in [2.05, 4.69) is 0 Å². The average Bonchev–Trinajstić information content (AvgIpc) is 2.39. The van der Waals surface area contributed by atoms with Gasteiger partial charge in [-0.05, 0) is 47.5 Å². The summed E-state index contributed by atoms with van der Waals surface area (Å²) in [5.74, 6) is 0.542. The minimum atomic E-state index is -0.717. The Morgan fingerprint density at radius 2 is 1.32 bits per heavy atom. The van der Waals surface area contributed by atoms with Gasteiger partial charge >= 0.3 is 0 Å². The van der Waals surface area contributed by atoms with Gasteiger partial charge in [0.15, 0.2) is 5.75 Å². The third-order valence-electron chi connectivity index (χ3n) is 2.40. The summed E-state index contributed by atoms with van der Waals surface area (Å²) in [6, 6.07) is 13.2. The molecule has 0 aliphatic heterocycles. The molecule has 0 spiro atoms. The van der Waals surface area contributed by atoms with E-state index in [1.807, 2.05) is 6.07 Å². The van der Waals surface area contributed by atoms with Crippen molar-refractivity contribution < 1.29 is 14.3 Å². The highest BCUT2D eigenvalue weighted by molar-refractivity contribution is 6.69. The summed E-state index contributed by atoms with van der Waals surface area (Å²) >= 11 is 11.0. The van der Waals surface area contributed by atoms with Crippen LogP contribution in [-0.4, -0.2) is 10.5 Å². The molecule has 0 radical (unpaired) electrons. The second-order valence-corrected chi connectivity index (χ2v) is 4.33. The lowest BCUT2D eigenvalue weighted by Crippen LogP contribution is -2.01. The van der Waals surface area contributed by atoms with Crippen LogP contribution in [-0.2, 0) is 0 Å². The highest BCUT2D eigenvalue weighted by atomic mass is 35.5. The Morgan fingerprint density at radius 3 is 1.79 bits per heavy atom. The van der Waals surface area contributed by atoms with Crippen molar-refractivity contribution in [2.75, 3.05) is 0 Å². The first-order chi connectivity index (χ1) is 9.09. The molecule has 0 fully saturated rings. The van der Waals surface area contributed by atoms with Gasteiger partial charge in [-0.1, -0.05) is 24.3 Å². The second kappa shape index (κ2) is 5.87. The third kappa shape index (κ3) is 3.13. The van der Waals surface area contributed by atoms with Crippen molar-refractivity contribution in [1.82, 2.24) is 0 Å². The molecule has 2 aromatic carbocycles. The van der Waals surface area contributed by atoms with Gasteiger partial charge in [-0.15, -0.1) is 0 Å². The van der Waals surface area contributed by atoms with Crippen molar-refractivity contribution in [3.63, 3.8) is 0 Å². The normalized spacial score (nSPS) is 10.0. The fraction of sp³-hybridized carbons (Fsp3) is 0. The topological polar surface area (TPSA) is 43.4 Å². The van der Waals surface area contributed by atoms with E-state index < -0.39 is 10.5 Å². The summed E-state index contributed by atoms with van der Waals surface area (Å²) in [6.07, 6.45) is 0. The molecule has 19 heavy (non-hydrogen) atoms. The number of hydrogen-bond acceptors (Lipinski definition) is 3. The summed E-state index contributed by atoms with van der Waals surface area (Å²) in [6.45, 7) is 0. The van der Waals surface area contributed by atoms with E-state index in [0.29, 0.717) is 5.75 Å². The van der Waals surface area contributed by atoms with E-state index in [0.717, 1.165) is 0 Å². The zero-order valence-electron chi connectivity index (χ0n) is 9.60. The van der Waals surface area contributed by atoms with Crippen molar-refractivity contribution in [1.29, 1.82) is 0 Å². The van der Waals surface area contributed by atoms with Crippen LogP contribution in [0.1, 0.15) is 20.7 Å². The molecular formula is C14H8Cl2O3. The molecule has 3 nitrogen and oxygen atoms in total. The fourth-order valence-electron chi connectivity index (χ4n) is 1.56. The average molecular weight is 295 g/mol. The van der Waals surface area contributed by atoms with Crippen LogP contribution < -0.4 is 4.74 Å². The van der Waals surface area contributed by atoms with Crippen LogP contribution >= 0.6 is 23.2 Å². The van der Waals surface area contributed by atoms with E-state index in [-0.39, 0.29) is 16.9 Å². The third-order valence-corrected chi connectivity index (χ3v) is 2.81. The van der Waals surface area contributed by atoms with Crippen LogP contribution in [0.2, 0.25) is 0 Å². The largest absolute Gasteiger partial charge is 0.456 e. The minimum Gasteiger partial charge on any atom is -0.456 e. The first-order valence-electron chi connectivity index (χ1n) is 5.35. The number of ether oxygens (including phenoxy) is 1. The molecule has 0 aliphatic rings. The zero-order chi connectivity index (χ0) is 13.8. The van der Waals surface area contributed by atoms with Gasteiger partial charge in [-0.25, -0.2) is 0 Å². The monoisotopic (exact) mass is 294 g/mol. The fourth-order valence-corrected chi connectivity index (χ4v) is 1.86. The zero-order valence-corrected chi connectivity index (χ0v) is 11.1. The van der Waals surface area contributed by atoms with E-state index in [4.69, 9.17) is 27.9 Å².